The highest BCUT2D eigenvalue weighted by Gasteiger charge is 2.00. The topological polar surface area (TPSA) is 52.3 Å². The van der Waals surface area contributed by atoms with Crippen LogP contribution in [-0.2, 0) is 9.53 Å². The number of aryl methyl sites for hydroxylation is 2. The molecule has 3 heteroatoms. The van der Waals surface area contributed by atoms with Gasteiger partial charge in [-0.15, -0.1) is 0 Å². The van der Waals surface area contributed by atoms with Crippen LogP contribution >= 0.6 is 0 Å². The average Bonchev–Trinajstić information content (AvgIpc) is 2.23. The number of carbonyl (C=O) groups is 1. The maximum absolute atomic E-state index is 11.1. The fourth-order valence-corrected chi connectivity index (χ4v) is 1.46. The van der Waals surface area contributed by atoms with Gasteiger partial charge in [-0.05, 0) is 55.7 Å². The first-order valence-corrected chi connectivity index (χ1v) is 5.26. The lowest BCUT2D eigenvalue weighted by atomic mass is 10.0. The molecule has 16 heavy (non-hydrogen) atoms. The van der Waals surface area contributed by atoms with Gasteiger partial charge < -0.3 is 10.5 Å². The van der Waals surface area contributed by atoms with Crippen molar-refractivity contribution >= 4 is 17.7 Å². The lowest BCUT2D eigenvalue weighted by Gasteiger charge is -2.05. The van der Waals surface area contributed by atoms with Crippen LogP contribution in [0.1, 0.15) is 23.6 Å². The Morgan fingerprint density at radius 2 is 1.94 bits per heavy atom. The molecule has 0 amide bonds. The zero-order valence-electron chi connectivity index (χ0n) is 9.91. The van der Waals surface area contributed by atoms with E-state index in [-0.39, 0.29) is 5.97 Å². The predicted octanol–water partition coefficient (Wildman–Crippen LogP) is 2.46. The predicted molar refractivity (Wildman–Crippen MR) is 66.0 cm³/mol. The molecule has 3 nitrogen and oxygen atoms in total. The Balaban J connectivity index is 2.86. The molecule has 0 fully saturated rings. The van der Waals surface area contributed by atoms with Gasteiger partial charge in [0.1, 0.15) is 0 Å². The number of carbonyl (C=O) groups excluding carboxylic acids is 1. The van der Waals surface area contributed by atoms with E-state index in [4.69, 9.17) is 10.5 Å². The van der Waals surface area contributed by atoms with Gasteiger partial charge in [-0.1, -0.05) is 0 Å². The summed E-state index contributed by atoms with van der Waals surface area (Å²) < 4.78 is 4.80. The average molecular weight is 219 g/mol. The molecule has 0 atom stereocenters. The highest BCUT2D eigenvalue weighted by molar-refractivity contribution is 5.87. The second kappa shape index (κ2) is 5.35. The van der Waals surface area contributed by atoms with Crippen molar-refractivity contribution in [1.29, 1.82) is 0 Å². The Bertz CT molecular complexity index is 399. The van der Waals surface area contributed by atoms with Crippen LogP contribution in [0.5, 0.6) is 0 Å². The van der Waals surface area contributed by atoms with Crippen molar-refractivity contribution in [3.63, 3.8) is 0 Å². The molecule has 1 rings (SSSR count). The smallest absolute Gasteiger partial charge is 0.330 e. The minimum atomic E-state index is -0.324. The van der Waals surface area contributed by atoms with Crippen LogP contribution < -0.4 is 5.73 Å². The summed E-state index contributed by atoms with van der Waals surface area (Å²) in [6, 6.07) is 3.89. The number of rotatable bonds is 3. The lowest BCUT2D eigenvalue weighted by molar-refractivity contribution is -0.137. The van der Waals surface area contributed by atoms with Gasteiger partial charge in [0.2, 0.25) is 0 Å². The van der Waals surface area contributed by atoms with E-state index in [9.17, 15) is 4.79 Å². The second-order valence-corrected chi connectivity index (χ2v) is 3.65. The first-order chi connectivity index (χ1) is 7.54. The van der Waals surface area contributed by atoms with Crippen LogP contribution in [-0.4, -0.2) is 12.6 Å². The quantitative estimate of drug-likeness (QED) is 0.482. The molecule has 0 aromatic heterocycles. The van der Waals surface area contributed by atoms with E-state index in [1.807, 2.05) is 26.0 Å². The van der Waals surface area contributed by atoms with Crippen LogP contribution in [0.25, 0.3) is 6.08 Å². The van der Waals surface area contributed by atoms with Crippen molar-refractivity contribution < 1.29 is 9.53 Å². The van der Waals surface area contributed by atoms with E-state index in [1.54, 1.807) is 13.0 Å². The number of anilines is 1. The molecule has 1 aromatic carbocycles. The molecule has 2 N–H and O–H groups in total. The molecular weight excluding hydrogens is 202 g/mol. The summed E-state index contributed by atoms with van der Waals surface area (Å²) in [6.07, 6.45) is 3.16. The van der Waals surface area contributed by atoms with E-state index >= 15 is 0 Å². The molecule has 0 unspecified atom stereocenters. The number of benzene rings is 1. The molecule has 0 aliphatic heterocycles. The summed E-state index contributed by atoms with van der Waals surface area (Å²) in [5.41, 5.74) is 9.63. The summed E-state index contributed by atoms with van der Waals surface area (Å²) in [4.78, 5) is 11.1. The van der Waals surface area contributed by atoms with Crippen molar-refractivity contribution in [1.82, 2.24) is 0 Å². The highest BCUT2D eigenvalue weighted by Crippen LogP contribution is 2.19. The van der Waals surface area contributed by atoms with E-state index in [2.05, 4.69) is 0 Å². The Morgan fingerprint density at radius 3 is 2.44 bits per heavy atom. The molecule has 86 valence electrons. The first kappa shape index (κ1) is 12.3. The van der Waals surface area contributed by atoms with Crippen LogP contribution in [0.4, 0.5) is 5.69 Å². The fourth-order valence-electron chi connectivity index (χ4n) is 1.46. The van der Waals surface area contributed by atoms with Gasteiger partial charge >= 0.3 is 5.97 Å². The van der Waals surface area contributed by atoms with Gasteiger partial charge in [0.15, 0.2) is 0 Å². The van der Waals surface area contributed by atoms with Crippen molar-refractivity contribution in [2.75, 3.05) is 12.3 Å². The number of ether oxygens (including phenoxy) is 1. The largest absolute Gasteiger partial charge is 0.463 e. The van der Waals surface area contributed by atoms with E-state index in [0.29, 0.717) is 6.61 Å². The lowest BCUT2D eigenvalue weighted by Crippen LogP contribution is -1.99. The Kier molecular flexibility index (Phi) is 4.11. The minimum Gasteiger partial charge on any atom is -0.463 e. The van der Waals surface area contributed by atoms with Crippen molar-refractivity contribution in [2.24, 2.45) is 0 Å². The zero-order chi connectivity index (χ0) is 12.1. The van der Waals surface area contributed by atoms with Crippen molar-refractivity contribution in [3.8, 4) is 0 Å². The molecule has 0 spiro atoms. The second-order valence-electron chi connectivity index (χ2n) is 3.65. The van der Waals surface area contributed by atoms with Crippen LogP contribution in [0.2, 0.25) is 0 Å². The molecule has 0 bridgehead atoms. The van der Waals surface area contributed by atoms with E-state index in [1.165, 1.54) is 6.08 Å². The minimum absolute atomic E-state index is 0.324. The molecule has 0 saturated heterocycles. The normalized spacial score (nSPS) is 10.7. The summed E-state index contributed by atoms with van der Waals surface area (Å²) in [6.45, 7) is 6.07. The Morgan fingerprint density at radius 1 is 1.38 bits per heavy atom. The number of esters is 1. The SMILES string of the molecule is CCOC(=O)C=Cc1cc(C)c(N)c(C)c1. The highest BCUT2D eigenvalue weighted by atomic mass is 16.5. The summed E-state index contributed by atoms with van der Waals surface area (Å²) in [5, 5.41) is 0. The third kappa shape index (κ3) is 3.12. The number of hydrogen-bond donors (Lipinski definition) is 1. The maximum Gasteiger partial charge on any atom is 0.330 e. The Hall–Kier alpha value is -1.77. The zero-order valence-corrected chi connectivity index (χ0v) is 9.91. The van der Waals surface area contributed by atoms with Gasteiger partial charge in [-0.3, -0.25) is 0 Å². The molecule has 0 heterocycles. The van der Waals surface area contributed by atoms with Gasteiger partial charge in [-0.25, -0.2) is 4.79 Å². The molecule has 0 radical (unpaired) electrons. The van der Waals surface area contributed by atoms with Crippen molar-refractivity contribution in [3.05, 3.63) is 34.9 Å². The van der Waals surface area contributed by atoms with E-state index < -0.39 is 0 Å². The molecular formula is C13H17NO2. The number of nitrogen functional groups attached to an aromatic ring is 1. The van der Waals surface area contributed by atoms with Gasteiger partial charge in [0.05, 0.1) is 6.61 Å². The molecule has 0 saturated carbocycles. The van der Waals surface area contributed by atoms with Gasteiger partial charge in [0, 0.05) is 11.8 Å². The van der Waals surface area contributed by atoms with Crippen LogP contribution in [0.3, 0.4) is 0 Å². The summed E-state index contributed by atoms with van der Waals surface area (Å²) >= 11 is 0. The monoisotopic (exact) mass is 219 g/mol. The van der Waals surface area contributed by atoms with Crippen LogP contribution in [0.15, 0.2) is 18.2 Å². The third-order valence-corrected chi connectivity index (χ3v) is 2.31. The molecule has 0 aliphatic carbocycles. The van der Waals surface area contributed by atoms with Crippen molar-refractivity contribution in [2.45, 2.75) is 20.8 Å². The third-order valence-electron chi connectivity index (χ3n) is 2.31. The van der Waals surface area contributed by atoms with Gasteiger partial charge in [-0.2, -0.15) is 0 Å². The number of nitrogens with two attached hydrogens (primary N) is 1. The summed E-state index contributed by atoms with van der Waals surface area (Å²) in [7, 11) is 0. The first-order valence-electron chi connectivity index (χ1n) is 5.26. The van der Waals surface area contributed by atoms with Crippen LogP contribution in [0, 0.1) is 13.8 Å². The van der Waals surface area contributed by atoms with E-state index in [0.717, 1.165) is 22.4 Å². The Labute approximate surface area is 95.9 Å². The summed E-state index contributed by atoms with van der Waals surface area (Å²) in [5.74, 6) is -0.324. The van der Waals surface area contributed by atoms with Gasteiger partial charge in [0.25, 0.3) is 0 Å². The number of hydrogen-bond acceptors (Lipinski definition) is 3. The standard InChI is InChI=1S/C13H17NO2/c1-4-16-12(15)6-5-11-7-9(2)13(14)10(3)8-11/h5-8H,4,14H2,1-3H3. The molecule has 1 aromatic rings. The molecule has 0 aliphatic rings. The maximum atomic E-state index is 11.1. The fraction of sp³-hybridized carbons (Fsp3) is 0.308.